The second-order valence-electron chi connectivity index (χ2n) is 6.75. The highest BCUT2D eigenvalue weighted by molar-refractivity contribution is 5.85. The molecule has 1 aliphatic heterocycles. The molecule has 1 aliphatic rings. The molecule has 2 aromatic heterocycles. The van der Waals surface area contributed by atoms with Gasteiger partial charge in [-0.15, -0.1) is 0 Å². The molecule has 0 radical (unpaired) electrons. The fourth-order valence-corrected chi connectivity index (χ4v) is 3.44. The smallest absolute Gasteiger partial charge is 0.153 e. The predicted molar refractivity (Wildman–Crippen MR) is 105 cm³/mol. The zero-order valence-corrected chi connectivity index (χ0v) is 14.9. The van der Waals surface area contributed by atoms with Crippen LogP contribution >= 0.6 is 0 Å². The Morgan fingerprint density at radius 3 is 2.85 bits per heavy atom. The maximum Gasteiger partial charge on any atom is 0.153 e. The van der Waals surface area contributed by atoms with Gasteiger partial charge in [0.25, 0.3) is 0 Å². The van der Waals surface area contributed by atoms with Crippen molar-refractivity contribution in [2.45, 2.75) is 19.4 Å². The van der Waals surface area contributed by atoms with E-state index < -0.39 is 0 Å². The van der Waals surface area contributed by atoms with Gasteiger partial charge in [0.1, 0.15) is 11.8 Å². The van der Waals surface area contributed by atoms with Crippen LogP contribution in [0.3, 0.4) is 0 Å². The van der Waals surface area contributed by atoms with Gasteiger partial charge in [-0.05, 0) is 49.7 Å². The number of likely N-dealkylation sites (tertiary alicyclic amines) is 1. The van der Waals surface area contributed by atoms with Gasteiger partial charge in [-0.25, -0.2) is 15.0 Å². The van der Waals surface area contributed by atoms with Crippen molar-refractivity contribution in [1.82, 2.24) is 25.2 Å². The Bertz CT molecular complexity index is 888. The molecule has 1 fully saturated rings. The number of nitrogens with zero attached hydrogens (tertiary/aromatic N) is 4. The summed E-state index contributed by atoms with van der Waals surface area (Å²) in [4.78, 5) is 15.4. The lowest BCUT2D eigenvalue weighted by Crippen LogP contribution is -2.29. The minimum absolute atomic E-state index is 0.414. The van der Waals surface area contributed by atoms with E-state index in [1.54, 1.807) is 0 Å². The van der Waals surface area contributed by atoms with Crippen LogP contribution in [-0.4, -0.2) is 46.0 Å². The largest absolute Gasteiger partial charge is 0.382 e. The molecule has 0 atom stereocenters. The number of aromatic nitrogens is 3. The third kappa shape index (κ3) is 3.81. The summed E-state index contributed by atoms with van der Waals surface area (Å²) in [7, 11) is 0. The molecule has 6 nitrogen and oxygen atoms in total. The summed E-state index contributed by atoms with van der Waals surface area (Å²) in [6.07, 6.45) is 4.15. The minimum atomic E-state index is 0.414. The van der Waals surface area contributed by atoms with E-state index in [2.05, 4.69) is 49.4 Å². The second-order valence-corrected chi connectivity index (χ2v) is 6.75. The van der Waals surface area contributed by atoms with Crippen molar-refractivity contribution < 1.29 is 0 Å². The summed E-state index contributed by atoms with van der Waals surface area (Å²) in [5.74, 6) is 0.414. The van der Waals surface area contributed by atoms with Crippen molar-refractivity contribution in [1.29, 1.82) is 0 Å². The molecule has 3 heterocycles. The molecular weight excluding hydrogens is 324 g/mol. The molecule has 3 aromatic rings. The van der Waals surface area contributed by atoms with E-state index in [1.165, 1.54) is 37.8 Å². The quantitative estimate of drug-likeness (QED) is 0.666. The van der Waals surface area contributed by atoms with Gasteiger partial charge >= 0.3 is 0 Å². The first-order valence-corrected chi connectivity index (χ1v) is 9.19. The van der Waals surface area contributed by atoms with E-state index in [0.29, 0.717) is 11.3 Å². The van der Waals surface area contributed by atoms with Crippen LogP contribution < -0.4 is 11.1 Å². The second kappa shape index (κ2) is 7.76. The number of nitrogens with two attached hydrogens (primary N) is 1. The monoisotopic (exact) mass is 348 g/mol. The fraction of sp³-hybridized carbons (Fsp3) is 0.350. The number of hydrogen-bond donors (Lipinski definition) is 2. The van der Waals surface area contributed by atoms with E-state index in [9.17, 15) is 0 Å². The number of pyridine rings is 1. The van der Waals surface area contributed by atoms with Crippen molar-refractivity contribution in [3.8, 4) is 11.3 Å². The molecule has 134 valence electrons. The molecule has 3 N–H and O–H groups in total. The number of anilines is 1. The number of nitrogens with one attached hydrogen (secondary N) is 1. The van der Waals surface area contributed by atoms with E-state index >= 15 is 0 Å². The molecule has 0 spiro atoms. The van der Waals surface area contributed by atoms with Crippen LogP contribution in [0, 0.1) is 0 Å². The number of benzene rings is 1. The summed E-state index contributed by atoms with van der Waals surface area (Å²) in [5, 5.41) is 3.54. The van der Waals surface area contributed by atoms with Crippen LogP contribution in [0.2, 0.25) is 0 Å². The van der Waals surface area contributed by atoms with Crippen LogP contribution in [0.15, 0.2) is 42.7 Å². The van der Waals surface area contributed by atoms with Crippen molar-refractivity contribution >= 4 is 16.9 Å². The SMILES string of the molecule is Nc1ncnc2ccc(-c3cccc(CNCCN4CCCC4)c3)nc12. The van der Waals surface area contributed by atoms with Crippen molar-refractivity contribution in [3.05, 3.63) is 48.3 Å². The number of hydrogen-bond acceptors (Lipinski definition) is 6. The average Bonchev–Trinajstić information content (AvgIpc) is 3.19. The Hall–Kier alpha value is -2.57. The third-order valence-corrected chi connectivity index (χ3v) is 4.87. The molecule has 1 aromatic carbocycles. The first-order valence-electron chi connectivity index (χ1n) is 9.19. The standard InChI is InChI=1S/C20H24N6/c21-20-19-18(23-14-24-20)7-6-17(25-19)16-5-3-4-15(12-16)13-22-8-11-26-9-1-2-10-26/h3-7,12,14,22H,1-2,8-11,13H2,(H2,21,23,24). The first-order chi connectivity index (χ1) is 12.8. The third-order valence-electron chi connectivity index (χ3n) is 4.87. The Kier molecular flexibility index (Phi) is 5.04. The number of fused-ring (bicyclic) bond motifs is 1. The van der Waals surface area contributed by atoms with Crippen LogP contribution in [0.5, 0.6) is 0 Å². The van der Waals surface area contributed by atoms with Crippen LogP contribution in [-0.2, 0) is 6.54 Å². The maximum absolute atomic E-state index is 5.94. The zero-order chi connectivity index (χ0) is 17.8. The van der Waals surface area contributed by atoms with Gasteiger partial charge in [-0.2, -0.15) is 0 Å². The maximum atomic E-state index is 5.94. The summed E-state index contributed by atoms with van der Waals surface area (Å²) in [5.41, 5.74) is 10.6. The van der Waals surface area contributed by atoms with E-state index in [1.807, 2.05) is 12.1 Å². The normalized spacial score (nSPS) is 14.9. The highest BCUT2D eigenvalue weighted by Gasteiger charge is 2.10. The highest BCUT2D eigenvalue weighted by Crippen LogP contribution is 2.22. The van der Waals surface area contributed by atoms with Gasteiger partial charge in [0.2, 0.25) is 0 Å². The van der Waals surface area contributed by atoms with Gasteiger partial charge in [-0.3, -0.25) is 0 Å². The summed E-state index contributed by atoms with van der Waals surface area (Å²) in [6, 6.07) is 12.4. The molecule has 0 aliphatic carbocycles. The van der Waals surface area contributed by atoms with Gasteiger partial charge in [-0.1, -0.05) is 18.2 Å². The summed E-state index contributed by atoms with van der Waals surface area (Å²) >= 11 is 0. The number of rotatable bonds is 6. The van der Waals surface area contributed by atoms with E-state index in [-0.39, 0.29) is 0 Å². The molecule has 0 saturated carbocycles. The van der Waals surface area contributed by atoms with Crippen LogP contribution in [0.4, 0.5) is 5.82 Å². The van der Waals surface area contributed by atoms with Crippen molar-refractivity contribution in [2.24, 2.45) is 0 Å². The predicted octanol–water partition coefficient (Wildman–Crippen LogP) is 2.46. The van der Waals surface area contributed by atoms with Gasteiger partial charge in [0, 0.05) is 25.2 Å². The first kappa shape index (κ1) is 16.9. The zero-order valence-electron chi connectivity index (χ0n) is 14.9. The average molecular weight is 348 g/mol. The molecule has 4 rings (SSSR count). The molecular formula is C20H24N6. The van der Waals surface area contributed by atoms with Gasteiger partial charge < -0.3 is 16.0 Å². The lowest BCUT2D eigenvalue weighted by Gasteiger charge is -2.15. The molecule has 6 heteroatoms. The Morgan fingerprint density at radius 1 is 1.08 bits per heavy atom. The van der Waals surface area contributed by atoms with Crippen molar-refractivity contribution in [3.63, 3.8) is 0 Å². The van der Waals surface area contributed by atoms with Crippen LogP contribution in [0.1, 0.15) is 18.4 Å². The van der Waals surface area contributed by atoms with Gasteiger partial charge in [0.15, 0.2) is 5.82 Å². The Morgan fingerprint density at radius 2 is 1.96 bits per heavy atom. The molecule has 0 bridgehead atoms. The fourth-order valence-electron chi connectivity index (χ4n) is 3.44. The van der Waals surface area contributed by atoms with Crippen molar-refractivity contribution in [2.75, 3.05) is 31.9 Å². The Labute approximate surface area is 153 Å². The van der Waals surface area contributed by atoms with Crippen LogP contribution in [0.25, 0.3) is 22.3 Å². The van der Waals surface area contributed by atoms with E-state index in [0.717, 1.165) is 36.4 Å². The minimum Gasteiger partial charge on any atom is -0.382 e. The Balaban J connectivity index is 1.44. The lowest BCUT2D eigenvalue weighted by molar-refractivity contribution is 0.335. The molecule has 0 unspecified atom stereocenters. The summed E-state index contributed by atoms with van der Waals surface area (Å²) in [6.45, 7) is 5.51. The summed E-state index contributed by atoms with van der Waals surface area (Å²) < 4.78 is 0. The number of nitrogen functional groups attached to an aromatic ring is 1. The van der Waals surface area contributed by atoms with Gasteiger partial charge in [0.05, 0.1) is 11.2 Å². The lowest BCUT2D eigenvalue weighted by atomic mass is 10.1. The topological polar surface area (TPSA) is 80.0 Å². The highest BCUT2D eigenvalue weighted by atomic mass is 15.1. The molecule has 26 heavy (non-hydrogen) atoms. The molecule has 0 amide bonds. The van der Waals surface area contributed by atoms with E-state index in [4.69, 9.17) is 5.73 Å². The molecule has 1 saturated heterocycles.